The summed E-state index contributed by atoms with van der Waals surface area (Å²) >= 11 is 6.14. The molecule has 0 radical (unpaired) electrons. The maximum absolute atomic E-state index is 14.0. The summed E-state index contributed by atoms with van der Waals surface area (Å²) in [5.41, 5.74) is 2.88. The Labute approximate surface area is 254 Å². The number of carbonyl (C=O) groups excluding carboxylic acids is 1. The summed E-state index contributed by atoms with van der Waals surface area (Å²) < 4.78 is 13.8. The van der Waals surface area contributed by atoms with E-state index in [1.54, 1.807) is 37.3 Å². The maximum atomic E-state index is 14.0. The van der Waals surface area contributed by atoms with Gasteiger partial charge >= 0.3 is 6.09 Å². The van der Waals surface area contributed by atoms with E-state index < -0.39 is 20.5 Å². The fraction of sp³-hybridized carbons (Fsp3) is 0.364. The zero-order valence-corrected chi connectivity index (χ0v) is 27.1. The Balaban J connectivity index is 1.76. The van der Waals surface area contributed by atoms with E-state index in [1.807, 2.05) is 42.5 Å². The van der Waals surface area contributed by atoms with Crippen molar-refractivity contribution in [2.75, 3.05) is 0 Å². The standard InChI is InChI=1S/C33H40ClN3O4Si/c1-21(2)42(22(3)4,23(5)6)41-28-17-18-29-30(19-28)36-31(37(32(29)38)27-15-13-26(34)14-16-27)24(7)35-33(39)40-20-25-11-9-8-10-12-25/h8-19,21-24H,20H2,1-7H3,(H,35,39). The van der Waals surface area contributed by atoms with Crippen molar-refractivity contribution in [3.8, 4) is 11.4 Å². The Bertz CT molecular complexity index is 1570. The molecular formula is C33H40ClN3O4Si. The summed E-state index contributed by atoms with van der Waals surface area (Å²) in [6, 6.07) is 21.2. The van der Waals surface area contributed by atoms with Crippen LogP contribution in [0.3, 0.4) is 0 Å². The zero-order valence-electron chi connectivity index (χ0n) is 25.4. The molecule has 222 valence electrons. The van der Waals surface area contributed by atoms with Gasteiger partial charge in [-0.15, -0.1) is 0 Å². The van der Waals surface area contributed by atoms with Crippen LogP contribution in [0.25, 0.3) is 16.6 Å². The molecule has 1 heterocycles. The number of amides is 1. The number of ether oxygens (including phenoxy) is 1. The lowest BCUT2D eigenvalue weighted by Crippen LogP contribution is -2.50. The van der Waals surface area contributed by atoms with Crippen LogP contribution in [-0.2, 0) is 11.3 Å². The van der Waals surface area contributed by atoms with Crippen LogP contribution in [0.4, 0.5) is 4.79 Å². The largest absolute Gasteiger partial charge is 0.543 e. The van der Waals surface area contributed by atoms with Gasteiger partial charge in [0.15, 0.2) is 0 Å². The highest BCUT2D eigenvalue weighted by molar-refractivity contribution is 6.78. The van der Waals surface area contributed by atoms with Crippen molar-refractivity contribution >= 4 is 36.9 Å². The molecule has 3 aromatic carbocycles. The lowest BCUT2D eigenvalue weighted by atomic mass is 10.2. The third-order valence-corrected chi connectivity index (χ3v) is 14.1. The lowest BCUT2D eigenvalue weighted by molar-refractivity contribution is 0.136. The number of halogens is 1. The summed E-state index contributed by atoms with van der Waals surface area (Å²) in [5, 5.41) is 3.84. The predicted octanol–water partition coefficient (Wildman–Crippen LogP) is 8.58. The second kappa shape index (κ2) is 13.1. The molecular weight excluding hydrogens is 566 g/mol. The van der Waals surface area contributed by atoms with Crippen LogP contribution in [-0.4, -0.2) is 24.0 Å². The molecule has 0 spiro atoms. The minimum absolute atomic E-state index is 0.127. The van der Waals surface area contributed by atoms with E-state index in [9.17, 15) is 9.59 Å². The van der Waals surface area contributed by atoms with Gasteiger partial charge in [-0.05, 0) is 65.5 Å². The Morgan fingerprint density at radius 2 is 1.52 bits per heavy atom. The molecule has 1 amide bonds. The van der Waals surface area contributed by atoms with Crippen LogP contribution in [0.5, 0.6) is 5.75 Å². The van der Waals surface area contributed by atoms with Gasteiger partial charge in [0.1, 0.15) is 18.2 Å². The molecule has 0 saturated heterocycles. The minimum Gasteiger partial charge on any atom is -0.543 e. The first-order valence-electron chi connectivity index (χ1n) is 14.4. The normalized spacial score (nSPS) is 12.6. The van der Waals surface area contributed by atoms with Crippen molar-refractivity contribution in [1.82, 2.24) is 14.9 Å². The van der Waals surface area contributed by atoms with E-state index >= 15 is 0 Å². The van der Waals surface area contributed by atoms with Gasteiger partial charge in [0, 0.05) is 11.1 Å². The summed E-state index contributed by atoms with van der Waals surface area (Å²) in [4.78, 5) is 31.7. The molecule has 0 aliphatic rings. The number of nitrogens with one attached hydrogen (secondary N) is 1. The number of carbonyl (C=O) groups is 1. The van der Waals surface area contributed by atoms with Gasteiger partial charge < -0.3 is 14.5 Å². The van der Waals surface area contributed by atoms with Gasteiger partial charge in [-0.3, -0.25) is 9.36 Å². The topological polar surface area (TPSA) is 82.5 Å². The van der Waals surface area contributed by atoms with Crippen LogP contribution >= 0.6 is 11.6 Å². The van der Waals surface area contributed by atoms with Gasteiger partial charge in [0.2, 0.25) is 0 Å². The number of hydrogen-bond acceptors (Lipinski definition) is 5. The summed E-state index contributed by atoms with van der Waals surface area (Å²) in [6.45, 7) is 15.3. The van der Waals surface area contributed by atoms with E-state index in [2.05, 4.69) is 46.9 Å². The average Bonchev–Trinajstić information content (AvgIpc) is 2.95. The summed E-state index contributed by atoms with van der Waals surface area (Å²) in [5.74, 6) is 1.07. The smallest absolute Gasteiger partial charge is 0.408 e. The van der Waals surface area contributed by atoms with Crippen molar-refractivity contribution in [3.63, 3.8) is 0 Å². The van der Waals surface area contributed by atoms with E-state index in [1.165, 1.54) is 4.57 Å². The van der Waals surface area contributed by atoms with E-state index in [4.69, 9.17) is 25.7 Å². The minimum atomic E-state index is -2.23. The van der Waals surface area contributed by atoms with E-state index in [0.717, 1.165) is 5.56 Å². The first-order chi connectivity index (χ1) is 19.9. The number of aromatic nitrogens is 2. The second-order valence-corrected chi connectivity index (χ2v) is 17.4. The van der Waals surface area contributed by atoms with Gasteiger partial charge in [0.05, 0.1) is 22.6 Å². The SMILES string of the molecule is CC(NC(=O)OCc1ccccc1)c1nc2cc(O[Si](C(C)C)(C(C)C)C(C)C)ccc2c(=O)n1-c1ccc(Cl)cc1. The van der Waals surface area contributed by atoms with Crippen molar-refractivity contribution in [2.45, 2.75) is 77.7 Å². The van der Waals surface area contributed by atoms with Crippen LogP contribution < -0.4 is 15.3 Å². The highest BCUT2D eigenvalue weighted by Gasteiger charge is 2.47. The zero-order chi connectivity index (χ0) is 30.6. The quantitative estimate of drug-likeness (QED) is 0.183. The van der Waals surface area contributed by atoms with E-state index in [0.29, 0.717) is 49.8 Å². The molecule has 4 rings (SSSR count). The molecule has 4 aromatic rings. The van der Waals surface area contributed by atoms with Crippen LogP contribution in [0, 0.1) is 0 Å². The first kappa shape index (κ1) is 31.3. The molecule has 0 aliphatic heterocycles. The van der Waals surface area contributed by atoms with Crippen molar-refractivity contribution in [2.24, 2.45) is 0 Å². The number of benzene rings is 3. The molecule has 1 aromatic heterocycles. The number of fused-ring (bicyclic) bond motifs is 1. The summed E-state index contributed by atoms with van der Waals surface area (Å²) in [7, 11) is -2.23. The van der Waals surface area contributed by atoms with Crippen molar-refractivity contribution in [1.29, 1.82) is 0 Å². The Kier molecular flexibility index (Phi) is 9.79. The number of nitrogens with zero attached hydrogens (tertiary/aromatic N) is 2. The molecule has 7 nitrogen and oxygen atoms in total. The van der Waals surface area contributed by atoms with Gasteiger partial charge in [-0.25, -0.2) is 9.78 Å². The highest BCUT2D eigenvalue weighted by atomic mass is 35.5. The number of alkyl carbamates (subject to hydrolysis) is 1. The highest BCUT2D eigenvalue weighted by Crippen LogP contribution is 2.43. The fourth-order valence-electron chi connectivity index (χ4n) is 5.94. The molecule has 1 N–H and O–H groups in total. The summed E-state index contributed by atoms with van der Waals surface area (Å²) in [6.07, 6.45) is -0.609. The Morgan fingerprint density at radius 1 is 0.905 bits per heavy atom. The Hall–Kier alpha value is -3.62. The average molecular weight is 606 g/mol. The number of hydrogen-bond donors (Lipinski definition) is 1. The van der Waals surface area contributed by atoms with Crippen molar-refractivity contribution in [3.05, 3.63) is 99.6 Å². The Morgan fingerprint density at radius 3 is 2.12 bits per heavy atom. The van der Waals surface area contributed by atoms with E-state index in [-0.39, 0.29) is 12.2 Å². The molecule has 1 atom stereocenters. The van der Waals surface area contributed by atoms with Crippen LogP contribution in [0.15, 0.2) is 77.6 Å². The van der Waals surface area contributed by atoms with Gasteiger partial charge in [-0.1, -0.05) is 83.5 Å². The molecule has 0 fully saturated rings. The fourth-order valence-corrected chi connectivity index (χ4v) is 11.3. The van der Waals surface area contributed by atoms with Gasteiger partial charge in [0.25, 0.3) is 13.9 Å². The first-order valence-corrected chi connectivity index (χ1v) is 16.9. The van der Waals surface area contributed by atoms with Crippen LogP contribution in [0.2, 0.25) is 21.6 Å². The molecule has 42 heavy (non-hydrogen) atoms. The molecule has 0 bridgehead atoms. The molecule has 0 saturated carbocycles. The third kappa shape index (κ3) is 6.55. The maximum Gasteiger partial charge on any atom is 0.408 e. The number of rotatable bonds is 10. The predicted molar refractivity (Wildman–Crippen MR) is 172 cm³/mol. The second-order valence-electron chi connectivity index (χ2n) is 11.6. The molecule has 1 unspecified atom stereocenters. The van der Waals surface area contributed by atoms with Gasteiger partial charge in [-0.2, -0.15) is 0 Å². The lowest BCUT2D eigenvalue weighted by Gasteiger charge is -2.42. The van der Waals surface area contributed by atoms with Crippen LogP contribution in [0.1, 0.15) is 65.9 Å². The monoisotopic (exact) mass is 605 g/mol. The molecule has 9 heteroatoms. The third-order valence-electron chi connectivity index (χ3n) is 7.89. The van der Waals surface area contributed by atoms with Crippen molar-refractivity contribution < 1.29 is 14.0 Å². The molecule has 0 aliphatic carbocycles.